The maximum atomic E-state index is 11.4. The molecule has 1 unspecified atom stereocenters. The van der Waals surface area contributed by atoms with Gasteiger partial charge in [-0.2, -0.15) is 0 Å². The van der Waals surface area contributed by atoms with Gasteiger partial charge in [0.25, 0.3) is 0 Å². The normalized spacial score (nSPS) is 11.8. The number of halogens is 1. The van der Waals surface area contributed by atoms with E-state index in [1.54, 1.807) is 19.1 Å². The molecule has 0 fully saturated rings. The van der Waals surface area contributed by atoms with E-state index in [1.165, 1.54) is 7.11 Å². The van der Waals surface area contributed by atoms with Gasteiger partial charge in [-0.05, 0) is 43.3 Å². The quantitative estimate of drug-likeness (QED) is 0.614. The monoisotopic (exact) mass is 370 g/mol. The van der Waals surface area contributed by atoms with Crippen LogP contribution in [0.2, 0.25) is 5.02 Å². The Kier molecular flexibility index (Phi) is 5.28. The number of hydrogen-bond acceptors (Lipinski definition) is 5. The number of para-hydroxylation sites is 1. The Hall–Kier alpha value is -2.79. The van der Waals surface area contributed by atoms with E-state index in [4.69, 9.17) is 16.3 Å². The lowest BCUT2D eigenvalue weighted by Gasteiger charge is -2.21. The number of esters is 1. The van der Waals surface area contributed by atoms with Gasteiger partial charge in [0.2, 0.25) is 0 Å². The number of fused-ring (bicyclic) bond motifs is 1. The highest BCUT2D eigenvalue weighted by Crippen LogP contribution is 2.32. The third-order valence-electron chi connectivity index (χ3n) is 4.05. The zero-order chi connectivity index (χ0) is 18.7. The smallest absolute Gasteiger partial charge is 0.346 e. The minimum Gasteiger partial charge on any atom is -0.479 e. The average molecular weight is 371 g/mol. The summed E-state index contributed by atoms with van der Waals surface area (Å²) in [7, 11) is 3.23. The summed E-state index contributed by atoms with van der Waals surface area (Å²) in [5.74, 6) is 0.831. The van der Waals surface area contributed by atoms with Crippen molar-refractivity contribution in [3.05, 3.63) is 59.6 Å². The minimum atomic E-state index is -0.667. The summed E-state index contributed by atoms with van der Waals surface area (Å²) in [6, 6.07) is 17.1. The zero-order valence-corrected chi connectivity index (χ0v) is 15.5. The SMILES string of the molecule is COC(=O)C(C)Oc1ccc(N(C)c2nc3ccccc3cc2Cl)cc1. The summed E-state index contributed by atoms with van der Waals surface area (Å²) in [4.78, 5) is 18.0. The first kappa shape index (κ1) is 18.0. The van der Waals surface area contributed by atoms with E-state index in [2.05, 4.69) is 9.72 Å². The molecular formula is C20H19ClN2O3. The molecule has 0 bridgehead atoms. The first-order valence-electron chi connectivity index (χ1n) is 8.13. The maximum Gasteiger partial charge on any atom is 0.346 e. The Labute approximate surface area is 157 Å². The Morgan fingerprint density at radius 1 is 1.15 bits per heavy atom. The van der Waals surface area contributed by atoms with E-state index in [-0.39, 0.29) is 0 Å². The van der Waals surface area contributed by atoms with E-state index in [1.807, 2.05) is 54.4 Å². The first-order chi connectivity index (χ1) is 12.5. The number of carbonyl (C=O) groups is 1. The summed E-state index contributed by atoms with van der Waals surface area (Å²) >= 11 is 6.42. The predicted octanol–water partition coefficient (Wildman–Crippen LogP) is 4.60. The molecule has 1 heterocycles. The second-order valence-electron chi connectivity index (χ2n) is 5.82. The van der Waals surface area contributed by atoms with Gasteiger partial charge in [0, 0.05) is 18.1 Å². The van der Waals surface area contributed by atoms with Gasteiger partial charge in [-0.3, -0.25) is 0 Å². The van der Waals surface area contributed by atoms with E-state index < -0.39 is 12.1 Å². The predicted molar refractivity (Wildman–Crippen MR) is 103 cm³/mol. The molecule has 3 aromatic rings. The van der Waals surface area contributed by atoms with Crippen molar-refractivity contribution in [3.63, 3.8) is 0 Å². The molecule has 1 aromatic heterocycles. The molecule has 134 valence electrons. The van der Waals surface area contributed by atoms with Gasteiger partial charge < -0.3 is 14.4 Å². The van der Waals surface area contributed by atoms with Crippen LogP contribution in [0.1, 0.15) is 6.92 Å². The molecule has 0 aliphatic carbocycles. The van der Waals surface area contributed by atoms with Gasteiger partial charge in [-0.15, -0.1) is 0 Å². The molecule has 3 rings (SSSR count). The topological polar surface area (TPSA) is 51.7 Å². The van der Waals surface area contributed by atoms with Gasteiger partial charge in [-0.25, -0.2) is 9.78 Å². The highest BCUT2D eigenvalue weighted by molar-refractivity contribution is 6.33. The van der Waals surface area contributed by atoms with Crippen LogP contribution in [-0.2, 0) is 9.53 Å². The lowest BCUT2D eigenvalue weighted by molar-refractivity contribution is -0.147. The molecule has 0 spiro atoms. The molecule has 2 aromatic carbocycles. The summed E-state index contributed by atoms with van der Waals surface area (Å²) in [6.07, 6.45) is -0.667. The Balaban J connectivity index is 1.83. The first-order valence-corrected chi connectivity index (χ1v) is 8.51. The molecule has 0 N–H and O–H groups in total. The van der Waals surface area contributed by atoms with Crippen LogP contribution in [0.15, 0.2) is 54.6 Å². The van der Waals surface area contributed by atoms with Gasteiger partial charge in [0.1, 0.15) is 5.75 Å². The fourth-order valence-corrected chi connectivity index (χ4v) is 2.89. The van der Waals surface area contributed by atoms with Gasteiger partial charge in [0.15, 0.2) is 11.9 Å². The number of ether oxygens (including phenoxy) is 2. The summed E-state index contributed by atoms with van der Waals surface area (Å²) < 4.78 is 10.2. The number of anilines is 2. The number of nitrogens with zero attached hydrogens (tertiary/aromatic N) is 2. The Morgan fingerprint density at radius 3 is 2.54 bits per heavy atom. The summed E-state index contributed by atoms with van der Waals surface area (Å²) in [5.41, 5.74) is 1.78. The van der Waals surface area contributed by atoms with Crippen LogP contribution < -0.4 is 9.64 Å². The second-order valence-corrected chi connectivity index (χ2v) is 6.23. The molecule has 0 aliphatic rings. The zero-order valence-electron chi connectivity index (χ0n) is 14.8. The van der Waals surface area contributed by atoms with Crippen LogP contribution in [0, 0.1) is 0 Å². The standard InChI is InChI=1S/C20H19ClN2O3/c1-13(20(24)25-3)26-16-10-8-15(9-11-16)23(2)19-17(21)12-14-6-4-5-7-18(14)22-19/h4-13H,1-3H3. The fraction of sp³-hybridized carbons (Fsp3) is 0.200. The van der Waals surface area contributed by atoms with Gasteiger partial charge in [-0.1, -0.05) is 29.8 Å². The van der Waals surface area contributed by atoms with Crippen LogP contribution in [0.25, 0.3) is 10.9 Å². The van der Waals surface area contributed by atoms with E-state index >= 15 is 0 Å². The number of rotatable bonds is 5. The second kappa shape index (κ2) is 7.62. The van der Waals surface area contributed by atoms with Crippen molar-refractivity contribution in [2.24, 2.45) is 0 Å². The summed E-state index contributed by atoms with van der Waals surface area (Å²) in [6.45, 7) is 1.64. The fourth-order valence-electron chi connectivity index (χ4n) is 2.60. The molecule has 6 heteroatoms. The molecule has 0 saturated carbocycles. The number of carbonyl (C=O) groups excluding carboxylic acids is 1. The molecule has 1 atom stereocenters. The lowest BCUT2D eigenvalue weighted by Crippen LogP contribution is -2.24. The number of pyridine rings is 1. The van der Waals surface area contributed by atoms with Gasteiger partial charge >= 0.3 is 5.97 Å². The van der Waals surface area contributed by atoms with Crippen molar-refractivity contribution in [2.45, 2.75) is 13.0 Å². The molecular weight excluding hydrogens is 352 g/mol. The molecule has 0 saturated heterocycles. The maximum absolute atomic E-state index is 11.4. The van der Waals surface area contributed by atoms with Crippen molar-refractivity contribution in [1.82, 2.24) is 4.98 Å². The number of methoxy groups -OCH3 is 1. The Bertz CT molecular complexity index is 928. The van der Waals surface area contributed by atoms with E-state index in [9.17, 15) is 4.79 Å². The van der Waals surface area contributed by atoms with Crippen molar-refractivity contribution in [1.29, 1.82) is 0 Å². The van der Waals surface area contributed by atoms with Crippen molar-refractivity contribution < 1.29 is 14.3 Å². The van der Waals surface area contributed by atoms with Crippen LogP contribution in [-0.4, -0.2) is 31.2 Å². The molecule has 0 aliphatic heterocycles. The molecule has 5 nitrogen and oxygen atoms in total. The van der Waals surface area contributed by atoms with E-state index in [0.717, 1.165) is 16.6 Å². The average Bonchev–Trinajstić information content (AvgIpc) is 2.66. The Morgan fingerprint density at radius 2 is 1.85 bits per heavy atom. The summed E-state index contributed by atoms with van der Waals surface area (Å²) in [5, 5.41) is 1.57. The highest BCUT2D eigenvalue weighted by Gasteiger charge is 2.15. The number of benzene rings is 2. The molecule has 0 amide bonds. The van der Waals surface area contributed by atoms with Crippen molar-refractivity contribution in [2.75, 3.05) is 19.1 Å². The molecule has 0 radical (unpaired) electrons. The van der Waals surface area contributed by atoms with Crippen molar-refractivity contribution >= 4 is 40.0 Å². The largest absolute Gasteiger partial charge is 0.479 e. The van der Waals surface area contributed by atoms with Crippen LogP contribution in [0.4, 0.5) is 11.5 Å². The third kappa shape index (κ3) is 3.73. The lowest BCUT2D eigenvalue weighted by atomic mass is 10.2. The van der Waals surface area contributed by atoms with E-state index in [0.29, 0.717) is 16.6 Å². The third-order valence-corrected chi connectivity index (χ3v) is 4.32. The number of aromatic nitrogens is 1. The van der Waals surface area contributed by atoms with Crippen molar-refractivity contribution in [3.8, 4) is 5.75 Å². The molecule has 26 heavy (non-hydrogen) atoms. The van der Waals surface area contributed by atoms with Crippen LogP contribution in [0.3, 0.4) is 0 Å². The minimum absolute atomic E-state index is 0.418. The van der Waals surface area contributed by atoms with Crippen LogP contribution >= 0.6 is 11.6 Å². The van der Waals surface area contributed by atoms with Crippen LogP contribution in [0.5, 0.6) is 5.75 Å². The number of hydrogen-bond donors (Lipinski definition) is 0. The highest BCUT2D eigenvalue weighted by atomic mass is 35.5. The van der Waals surface area contributed by atoms with Gasteiger partial charge in [0.05, 0.1) is 17.6 Å².